The highest BCUT2D eigenvalue weighted by Crippen LogP contribution is 2.34. The zero-order chi connectivity index (χ0) is 25.7. The lowest BCUT2D eigenvalue weighted by Gasteiger charge is -2.14. The van der Waals surface area contributed by atoms with Gasteiger partial charge in [0.25, 0.3) is 5.91 Å². The number of carboxylic acid groups (broad SMARTS) is 1. The highest BCUT2D eigenvalue weighted by molar-refractivity contribution is 8.26. The van der Waals surface area contributed by atoms with Crippen molar-refractivity contribution in [2.45, 2.75) is 12.8 Å². The van der Waals surface area contributed by atoms with Gasteiger partial charge in [-0.25, -0.2) is 0 Å². The molecule has 36 heavy (non-hydrogen) atoms. The normalized spacial score (nSPS) is 14.5. The van der Waals surface area contributed by atoms with Gasteiger partial charge in [-0.3, -0.25) is 14.5 Å². The Balaban J connectivity index is 1.37. The van der Waals surface area contributed by atoms with Gasteiger partial charge in [-0.2, -0.15) is 0 Å². The minimum atomic E-state index is -0.893. The standard InChI is InChI=1S/C27H21Cl2NO4S2/c28-20-8-9-22(23(29)16-20)19-6-1-4-17(12-19)14-24-26(33)30(27(35)36-24)10-3-11-34-21-7-2-5-18(13-21)15-25(31)32/h1-2,4-9,12-14,16H,3,10-11,15H2,(H,31,32). The number of rotatable bonds is 9. The third-order valence-electron chi connectivity index (χ3n) is 5.35. The average molecular weight is 559 g/mol. The Labute approximate surface area is 228 Å². The summed E-state index contributed by atoms with van der Waals surface area (Å²) in [7, 11) is 0. The van der Waals surface area contributed by atoms with Crippen LogP contribution in [0.1, 0.15) is 17.5 Å². The smallest absolute Gasteiger partial charge is 0.307 e. The van der Waals surface area contributed by atoms with E-state index in [1.165, 1.54) is 11.8 Å². The molecule has 5 nitrogen and oxygen atoms in total. The first-order valence-electron chi connectivity index (χ1n) is 11.0. The van der Waals surface area contributed by atoms with Crippen molar-refractivity contribution in [3.05, 3.63) is 92.8 Å². The number of carbonyl (C=O) groups is 2. The number of benzene rings is 3. The third-order valence-corrected chi connectivity index (χ3v) is 7.27. The summed E-state index contributed by atoms with van der Waals surface area (Å²) in [5.41, 5.74) is 3.32. The lowest BCUT2D eigenvalue weighted by atomic mass is 10.0. The number of thiocarbonyl (C=S) groups is 1. The number of aliphatic carboxylic acids is 1. The quantitative estimate of drug-likeness (QED) is 0.174. The van der Waals surface area contributed by atoms with Gasteiger partial charge in [-0.1, -0.05) is 83.6 Å². The number of thioether (sulfide) groups is 1. The van der Waals surface area contributed by atoms with E-state index in [4.69, 9.17) is 45.3 Å². The van der Waals surface area contributed by atoms with Gasteiger partial charge in [0.05, 0.1) is 17.9 Å². The summed E-state index contributed by atoms with van der Waals surface area (Å²) < 4.78 is 6.24. The van der Waals surface area contributed by atoms with E-state index in [1.807, 2.05) is 36.4 Å². The van der Waals surface area contributed by atoms with Crippen LogP contribution in [0.15, 0.2) is 71.6 Å². The zero-order valence-corrected chi connectivity index (χ0v) is 22.1. The van der Waals surface area contributed by atoms with Gasteiger partial charge in [0.2, 0.25) is 0 Å². The largest absolute Gasteiger partial charge is 0.494 e. The molecule has 0 aliphatic carbocycles. The van der Waals surface area contributed by atoms with E-state index in [9.17, 15) is 9.59 Å². The maximum Gasteiger partial charge on any atom is 0.307 e. The summed E-state index contributed by atoms with van der Waals surface area (Å²) in [6.45, 7) is 0.799. The van der Waals surface area contributed by atoms with Gasteiger partial charge >= 0.3 is 5.97 Å². The first kappa shape index (κ1) is 26.2. The lowest BCUT2D eigenvalue weighted by Crippen LogP contribution is -2.29. The zero-order valence-electron chi connectivity index (χ0n) is 18.9. The second-order valence-electron chi connectivity index (χ2n) is 8.00. The van der Waals surface area contributed by atoms with E-state index in [2.05, 4.69) is 0 Å². The average Bonchev–Trinajstić information content (AvgIpc) is 3.09. The first-order chi connectivity index (χ1) is 17.3. The van der Waals surface area contributed by atoms with Crippen LogP contribution in [0.4, 0.5) is 0 Å². The minimum Gasteiger partial charge on any atom is -0.494 e. The number of hydrogen-bond acceptors (Lipinski definition) is 5. The molecule has 184 valence electrons. The Hall–Kier alpha value is -2.84. The van der Waals surface area contributed by atoms with Crippen molar-refractivity contribution in [1.29, 1.82) is 0 Å². The Morgan fingerprint density at radius 3 is 2.67 bits per heavy atom. The molecule has 0 aromatic heterocycles. The SMILES string of the molecule is O=C(O)Cc1cccc(OCCCN2C(=O)C(=Cc3cccc(-c4ccc(Cl)cc4Cl)c3)SC2=S)c1. The Bertz CT molecular complexity index is 1360. The van der Waals surface area contributed by atoms with Gasteiger partial charge in [0, 0.05) is 22.2 Å². The van der Waals surface area contributed by atoms with Crippen molar-refractivity contribution >= 4 is 69.5 Å². The van der Waals surface area contributed by atoms with Crippen LogP contribution in [-0.2, 0) is 16.0 Å². The number of amides is 1. The molecule has 1 saturated heterocycles. The summed E-state index contributed by atoms with van der Waals surface area (Å²) in [6, 6.07) is 20.1. The van der Waals surface area contributed by atoms with Gasteiger partial charge in [0.15, 0.2) is 0 Å². The summed E-state index contributed by atoms with van der Waals surface area (Å²) in [5.74, 6) is -0.432. The van der Waals surface area contributed by atoms with Crippen molar-refractivity contribution in [1.82, 2.24) is 4.90 Å². The van der Waals surface area contributed by atoms with E-state index >= 15 is 0 Å². The highest BCUT2D eigenvalue weighted by Gasteiger charge is 2.31. The monoisotopic (exact) mass is 557 g/mol. The van der Waals surface area contributed by atoms with Gasteiger partial charge in [-0.15, -0.1) is 0 Å². The lowest BCUT2D eigenvalue weighted by molar-refractivity contribution is -0.136. The van der Waals surface area contributed by atoms with Crippen LogP contribution >= 0.6 is 47.2 Å². The number of ether oxygens (including phenoxy) is 1. The molecular formula is C27H21Cl2NO4S2. The predicted molar refractivity (Wildman–Crippen MR) is 150 cm³/mol. The fourth-order valence-electron chi connectivity index (χ4n) is 3.70. The van der Waals surface area contributed by atoms with Crippen LogP contribution in [0.5, 0.6) is 5.75 Å². The molecule has 1 heterocycles. The van der Waals surface area contributed by atoms with Crippen molar-refractivity contribution in [3.8, 4) is 16.9 Å². The van der Waals surface area contributed by atoms with E-state index in [0.717, 1.165) is 16.7 Å². The maximum absolute atomic E-state index is 13.0. The molecule has 0 radical (unpaired) electrons. The summed E-state index contributed by atoms with van der Waals surface area (Å²) in [4.78, 5) is 26.0. The molecule has 0 unspecified atom stereocenters. The topological polar surface area (TPSA) is 66.8 Å². The number of carboxylic acids is 1. The number of hydrogen-bond donors (Lipinski definition) is 1. The third kappa shape index (κ3) is 6.68. The molecular weight excluding hydrogens is 537 g/mol. The molecule has 1 amide bonds. The van der Waals surface area contributed by atoms with Crippen molar-refractivity contribution in [2.75, 3.05) is 13.2 Å². The minimum absolute atomic E-state index is 0.0598. The van der Waals surface area contributed by atoms with Gasteiger partial charge in [0.1, 0.15) is 10.1 Å². The van der Waals surface area contributed by atoms with Crippen molar-refractivity contribution in [3.63, 3.8) is 0 Å². The van der Waals surface area contributed by atoms with Crippen molar-refractivity contribution in [2.24, 2.45) is 0 Å². The first-order valence-corrected chi connectivity index (χ1v) is 13.0. The molecule has 1 aliphatic rings. The predicted octanol–water partition coefficient (Wildman–Crippen LogP) is 6.96. The molecule has 9 heteroatoms. The molecule has 0 spiro atoms. The maximum atomic E-state index is 13.0. The van der Waals surface area contributed by atoms with Crippen molar-refractivity contribution < 1.29 is 19.4 Å². The van der Waals surface area contributed by atoms with E-state index in [-0.39, 0.29) is 12.3 Å². The number of nitrogens with zero attached hydrogens (tertiary/aromatic N) is 1. The van der Waals surface area contributed by atoms with Gasteiger partial charge in [-0.05, 0) is 59.5 Å². The fraction of sp³-hybridized carbons (Fsp3) is 0.148. The van der Waals surface area contributed by atoms with Crippen LogP contribution in [-0.4, -0.2) is 39.4 Å². The Kier molecular flexibility index (Phi) is 8.69. The summed E-state index contributed by atoms with van der Waals surface area (Å²) in [5, 5.41) is 10.1. The van der Waals surface area contributed by atoms with E-state index in [1.54, 1.807) is 41.3 Å². The summed E-state index contributed by atoms with van der Waals surface area (Å²) in [6.07, 6.45) is 2.35. The second kappa shape index (κ2) is 11.9. The molecule has 0 atom stereocenters. The summed E-state index contributed by atoms with van der Waals surface area (Å²) >= 11 is 19.1. The highest BCUT2D eigenvalue weighted by atomic mass is 35.5. The van der Waals surface area contributed by atoms with E-state index in [0.29, 0.717) is 50.2 Å². The molecule has 1 aliphatic heterocycles. The molecule has 3 aromatic carbocycles. The van der Waals surface area contributed by atoms with E-state index < -0.39 is 5.97 Å². The van der Waals surface area contributed by atoms with Crippen LogP contribution in [0.2, 0.25) is 10.0 Å². The molecule has 0 bridgehead atoms. The molecule has 1 fully saturated rings. The Morgan fingerprint density at radius 2 is 1.89 bits per heavy atom. The van der Waals surface area contributed by atoms with Crippen LogP contribution in [0.25, 0.3) is 17.2 Å². The molecule has 0 saturated carbocycles. The Morgan fingerprint density at radius 1 is 1.08 bits per heavy atom. The molecule has 4 rings (SSSR count). The van der Waals surface area contributed by atoms with Gasteiger partial charge < -0.3 is 9.84 Å². The number of carbonyl (C=O) groups excluding carboxylic acids is 1. The van der Waals surface area contributed by atoms with Crippen LogP contribution in [0, 0.1) is 0 Å². The second-order valence-corrected chi connectivity index (χ2v) is 10.5. The van der Waals surface area contributed by atoms with Crippen LogP contribution in [0.3, 0.4) is 0 Å². The van der Waals surface area contributed by atoms with Crippen LogP contribution < -0.4 is 4.74 Å². The number of halogens is 2. The molecule has 3 aromatic rings. The fourth-order valence-corrected chi connectivity index (χ4v) is 5.52. The molecule has 1 N–H and O–H groups in total.